The van der Waals surface area contributed by atoms with E-state index in [2.05, 4.69) is 219 Å². The summed E-state index contributed by atoms with van der Waals surface area (Å²) in [5, 5.41) is 0. The zero-order valence-corrected chi connectivity index (χ0v) is 31.8. The van der Waals surface area contributed by atoms with Crippen LogP contribution in [0.25, 0.3) is 22.3 Å². The minimum absolute atomic E-state index is 1.08. The summed E-state index contributed by atoms with van der Waals surface area (Å²) in [5.74, 6) is 0. The zero-order valence-electron chi connectivity index (χ0n) is 30.2. The average Bonchev–Trinajstić information content (AvgIpc) is 3.12. The van der Waals surface area contributed by atoms with Crippen LogP contribution in [0.2, 0.25) is 0 Å². The van der Waals surface area contributed by atoms with E-state index < -0.39 is 0 Å². The fourth-order valence-electron chi connectivity index (χ4n) is 7.06. The summed E-state index contributed by atoms with van der Waals surface area (Å²) in [7, 11) is 0. The largest absolute Gasteiger partial charge is 0.310 e. The number of hydrogen-bond donors (Lipinski definition) is 0. The van der Waals surface area contributed by atoms with Crippen molar-refractivity contribution in [3.63, 3.8) is 0 Å². The van der Waals surface area contributed by atoms with Gasteiger partial charge in [0.15, 0.2) is 0 Å². The van der Waals surface area contributed by atoms with Gasteiger partial charge in [-0.2, -0.15) is 0 Å². The average molecular weight is 728 g/mol. The molecule has 7 aromatic rings. The molecule has 0 aliphatic heterocycles. The van der Waals surface area contributed by atoms with Gasteiger partial charge in [-0.15, -0.1) is 0 Å². The first kappa shape index (κ1) is 34.1. The maximum atomic E-state index is 3.56. The number of halogens is 1. The molecule has 2 nitrogen and oxygen atoms in total. The first-order valence-corrected chi connectivity index (χ1v) is 18.3. The molecule has 0 N–H and O–H groups in total. The lowest BCUT2D eigenvalue weighted by Gasteiger charge is -2.29. The quantitative estimate of drug-likeness (QED) is 0.154. The Balaban J connectivity index is 1.22. The summed E-state index contributed by atoms with van der Waals surface area (Å²) in [5.41, 5.74) is 19.3. The summed E-state index contributed by atoms with van der Waals surface area (Å²) in [6, 6.07) is 55.4. The standard InChI is InChI=1S/C48H43BrN2/c1-32-7-26-46(35(4)29-32)50(43-20-12-39(13-21-43)38-10-18-42(49)19-11-38)44-22-14-40(15-23-44)41-16-24-45(25-17-41)51(47-27-8-33(2)30-36(47)5)48-28-9-34(3)31-37(48)6/h7-31H,1-6H3. The molecular formula is C48H43BrN2. The van der Waals surface area contributed by atoms with Crippen molar-refractivity contribution in [1.29, 1.82) is 0 Å². The topological polar surface area (TPSA) is 6.48 Å². The van der Waals surface area contributed by atoms with Gasteiger partial charge in [-0.1, -0.05) is 118 Å². The highest BCUT2D eigenvalue weighted by Crippen LogP contribution is 2.41. The third-order valence-corrected chi connectivity index (χ3v) is 10.2. The molecule has 252 valence electrons. The molecule has 0 aliphatic carbocycles. The van der Waals surface area contributed by atoms with Crippen molar-refractivity contribution in [3.8, 4) is 22.3 Å². The Hall–Kier alpha value is -5.38. The lowest BCUT2D eigenvalue weighted by molar-refractivity contribution is 1.21. The van der Waals surface area contributed by atoms with Crippen LogP contribution in [-0.4, -0.2) is 0 Å². The minimum atomic E-state index is 1.08. The van der Waals surface area contributed by atoms with Gasteiger partial charge in [-0.25, -0.2) is 0 Å². The highest BCUT2D eigenvalue weighted by molar-refractivity contribution is 9.10. The Morgan fingerprint density at radius 1 is 0.314 bits per heavy atom. The monoisotopic (exact) mass is 726 g/mol. The fraction of sp³-hybridized carbons (Fsp3) is 0.125. The van der Waals surface area contributed by atoms with Crippen LogP contribution in [-0.2, 0) is 0 Å². The number of anilines is 6. The molecule has 0 spiro atoms. The molecule has 0 aliphatic rings. The molecule has 0 saturated heterocycles. The second-order valence-corrected chi connectivity index (χ2v) is 14.6. The predicted molar refractivity (Wildman–Crippen MR) is 223 cm³/mol. The lowest BCUT2D eigenvalue weighted by Crippen LogP contribution is -2.13. The fourth-order valence-corrected chi connectivity index (χ4v) is 7.32. The van der Waals surface area contributed by atoms with Crippen LogP contribution in [0, 0.1) is 41.5 Å². The normalized spacial score (nSPS) is 11.0. The SMILES string of the molecule is Cc1ccc(N(c2ccc(-c3ccc(Br)cc3)cc2)c2ccc(-c3ccc(N(c4ccc(C)cc4C)c4ccc(C)cc4C)cc3)cc2)c(C)c1. The third kappa shape index (κ3) is 7.27. The number of rotatable bonds is 8. The van der Waals surface area contributed by atoms with Crippen LogP contribution in [0.4, 0.5) is 34.1 Å². The molecule has 0 unspecified atom stereocenters. The van der Waals surface area contributed by atoms with Crippen LogP contribution in [0.15, 0.2) is 156 Å². The van der Waals surface area contributed by atoms with Crippen LogP contribution >= 0.6 is 15.9 Å². The maximum Gasteiger partial charge on any atom is 0.0491 e. The molecule has 0 saturated carbocycles. The number of benzene rings is 7. The molecule has 0 amide bonds. The van der Waals surface area contributed by atoms with Gasteiger partial charge in [0.25, 0.3) is 0 Å². The van der Waals surface area contributed by atoms with Crippen molar-refractivity contribution < 1.29 is 0 Å². The molecule has 0 atom stereocenters. The van der Waals surface area contributed by atoms with E-state index in [1.54, 1.807) is 0 Å². The minimum Gasteiger partial charge on any atom is -0.310 e. The van der Waals surface area contributed by atoms with Gasteiger partial charge in [-0.3, -0.25) is 0 Å². The van der Waals surface area contributed by atoms with E-state index in [4.69, 9.17) is 0 Å². The zero-order chi connectivity index (χ0) is 35.6. The van der Waals surface area contributed by atoms with Gasteiger partial charge in [0.1, 0.15) is 0 Å². The van der Waals surface area contributed by atoms with Gasteiger partial charge >= 0.3 is 0 Å². The Labute approximate surface area is 311 Å². The molecule has 3 heteroatoms. The van der Waals surface area contributed by atoms with Crippen molar-refractivity contribution in [2.45, 2.75) is 41.5 Å². The van der Waals surface area contributed by atoms with Crippen molar-refractivity contribution in [2.24, 2.45) is 0 Å². The molecule has 0 bridgehead atoms. The van der Waals surface area contributed by atoms with Crippen molar-refractivity contribution in [3.05, 3.63) is 190 Å². The van der Waals surface area contributed by atoms with Crippen molar-refractivity contribution >= 4 is 50.1 Å². The smallest absolute Gasteiger partial charge is 0.0491 e. The van der Waals surface area contributed by atoms with E-state index in [0.717, 1.165) is 21.5 Å². The van der Waals surface area contributed by atoms with Gasteiger partial charge < -0.3 is 9.80 Å². The molecule has 0 heterocycles. The maximum absolute atomic E-state index is 3.56. The second kappa shape index (κ2) is 14.5. The molecular weight excluding hydrogens is 684 g/mol. The summed E-state index contributed by atoms with van der Waals surface area (Å²) >= 11 is 3.56. The molecule has 0 fully saturated rings. The van der Waals surface area contributed by atoms with Gasteiger partial charge in [0, 0.05) is 38.6 Å². The number of aryl methyl sites for hydroxylation is 6. The Bertz CT molecular complexity index is 2250. The van der Waals surface area contributed by atoms with Crippen LogP contribution in [0.1, 0.15) is 33.4 Å². The first-order valence-electron chi connectivity index (χ1n) is 17.5. The molecule has 7 aromatic carbocycles. The summed E-state index contributed by atoms with van der Waals surface area (Å²) < 4.78 is 1.08. The highest BCUT2D eigenvalue weighted by atomic mass is 79.9. The van der Waals surface area contributed by atoms with E-state index in [0.29, 0.717) is 0 Å². The Kier molecular flexibility index (Phi) is 9.67. The second-order valence-electron chi connectivity index (χ2n) is 13.7. The van der Waals surface area contributed by atoms with Gasteiger partial charge in [0.05, 0.1) is 0 Å². The van der Waals surface area contributed by atoms with Gasteiger partial charge in [0.2, 0.25) is 0 Å². The first-order chi connectivity index (χ1) is 24.6. The predicted octanol–water partition coefficient (Wildman–Crippen LogP) is 14.6. The Morgan fingerprint density at radius 3 is 0.902 bits per heavy atom. The van der Waals surface area contributed by atoms with E-state index in [-0.39, 0.29) is 0 Å². The number of nitrogens with zero attached hydrogens (tertiary/aromatic N) is 2. The molecule has 7 rings (SSSR count). The van der Waals surface area contributed by atoms with Crippen molar-refractivity contribution in [2.75, 3.05) is 9.80 Å². The van der Waals surface area contributed by atoms with E-state index in [1.165, 1.54) is 72.7 Å². The highest BCUT2D eigenvalue weighted by Gasteiger charge is 2.18. The van der Waals surface area contributed by atoms with Crippen LogP contribution in [0.3, 0.4) is 0 Å². The summed E-state index contributed by atoms with van der Waals surface area (Å²) in [4.78, 5) is 4.75. The van der Waals surface area contributed by atoms with Crippen LogP contribution in [0.5, 0.6) is 0 Å². The van der Waals surface area contributed by atoms with Crippen LogP contribution < -0.4 is 9.80 Å². The van der Waals surface area contributed by atoms with E-state index in [1.807, 2.05) is 0 Å². The molecule has 0 radical (unpaired) electrons. The van der Waals surface area contributed by atoms with E-state index in [9.17, 15) is 0 Å². The van der Waals surface area contributed by atoms with Crippen molar-refractivity contribution in [1.82, 2.24) is 0 Å². The molecule has 51 heavy (non-hydrogen) atoms. The number of hydrogen-bond acceptors (Lipinski definition) is 2. The summed E-state index contributed by atoms with van der Waals surface area (Å²) in [6.07, 6.45) is 0. The molecule has 0 aromatic heterocycles. The summed E-state index contributed by atoms with van der Waals surface area (Å²) in [6.45, 7) is 13.1. The third-order valence-electron chi connectivity index (χ3n) is 9.67. The Morgan fingerprint density at radius 2 is 0.588 bits per heavy atom. The van der Waals surface area contributed by atoms with E-state index >= 15 is 0 Å². The lowest BCUT2D eigenvalue weighted by atomic mass is 10.0. The van der Waals surface area contributed by atoms with Gasteiger partial charge in [-0.05, 0) is 147 Å².